The van der Waals surface area contributed by atoms with Crippen molar-refractivity contribution >= 4 is 38.9 Å². The fourth-order valence-electron chi connectivity index (χ4n) is 9.94. The molecule has 12 aromatic rings. The predicted octanol–water partition coefficient (Wildman–Crippen LogP) is 18.3. The number of hydrogen-bond acceptors (Lipinski definition) is 1. The Morgan fingerprint density at radius 3 is 1.29 bits per heavy atom. The molecule has 68 heavy (non-hydrogen) atoms. The van der Waals surface area contributed by atoms with Crippen LogP contribution < -0.4 is 4.90 Å². The predicted molar refractivity (Wildman–Crippen MR) is 288 cm³/mol. The third-order valence-corrected chi connectivity index (χ3v) is 13.2. The first-order chi connectivity index (χ1) is 33.7. The van der Waals surface area contributed by atoms with E-state index in [9.17, 15) is 0 Å². The van der Waals surface area contributed by atoms with Crippen molar-refractivity contribution in [3.63, 3.8) is 0 Å². The molecule has 320 valence electrons. The van der Waals surface area contributed by atoms with Crippen molar-refractivity contribution in [2.24, 2.45) is 0 Å². The van der Waals surface area contributed by atoms with Gasteiger partial charge in [0.1, 0.15) is 0 Å². The van der Waals surface area contributed by atoms with Crippen LogP contribution in [0.4, 0.5) is 17.1 Å². The maximum atomic E-state index is 2.39. The number of fused-ring (bicyclic) bond motifs is 3. The van der Waals surface area contributed by atoms with Gasteiger partial charge in [-0.25, -0.2) is 0 Å². The third-order valence-electron chi connectivity index (χ3n) is 13.2. The summed E-state index contributed by atoms with van der Waals surface area (Å²) in [5.74, 6) is 0. The quantitative estimate of drug-likeness (QED) is 0.133. The monoisotopic (exact) mass is 866 g/mol. The molecule has 1 aromatic heterocycles. The largest absolute Gasteiger partial charge is 0.310 e. The van der Waals surface area contributed by atoms with Crippen LogP contribution in [0.2, 0.25) is 0 Å². The van der Waals surface area contributed by atoms with Crippen LogP contribution >= 0.6 is 0 Å². The summed E-state index contributed by atoms with van der Waals surface area (Å²) in [4.78, 5) is 2.38. The van der Waals surface area contributed by atoms with Gasteiger partial charge in [0.15, 0.2) is 0 Å². The molecule has 12 rings (SSSR count). The molecule has 11 aromatic carbocycles. The third kappa shape index (κ3) is 7.64. The minimum Gasteiger partial charge on any atom is -0.310 e. The lowest BCUT2D eigenvalue weighted by Gasteiger charge is -2.26. The molecule has 0 atom stereocenters. The molecule has 0 fully saturated rings. The molecule has 2 nitrogen and oxygen atoms in total. The molecule has 0 spiro atoms. The van der Waals surface area contributed by atoms with Gasteiger partial charge in [-0.1, -0.05) is 212 Å². The first kappa shape index (κ1) is 40.5. The zero-order chi connectivity index (χ0) is 45.2. The molecule has 0 bridgehead atoms. The molecule has 0 radical (unpaired) electrons. The lowest BCUT2D eigenvalue weighted by molar-refractivity contribution is 1.18. The Hall–Kier alpha value is -8.98. The second-order valence-corrected chi connectivity index (χ2v) is 17.3. The minimum absolute atomic E-state index is 1.08. The van der Waals surface area contributed by atoms with Crippen LogP contribution in [0, 0.1) is 0 Å². The highest BCUT2D eigenvalue weighted by molar-refractivity contribution is 6.16. The Kier molecular flexibility index (Phi) is 10.6. The average molecular weight is 867 g/mol. The van der Waals surface area contributed by atoms with Crippen LogP contribution in [0.3, 0.4) is 0 Å². The van der Waals surface area contributed by atoms with E-state index in [0.29, 0.717) is 0 Å². The van der Waals surface area contributed by atoms with Crippen molar-refractivity contribution in [3.05, 3.63) is 279 Å². The van der Waals surface area contributed by atoms with Crippen LogP contribution in [0.1, 0.15) is 0 Å². The lowest BCUT2D eigenvalue weighted by Crippen LogP contribution is -2.10. The van der Waals surface area contributed by atoms with Crippen molar-refractivity contribution in [2.45, 2.75) is 0 Å². The van der Waals surface area contributed by atoms with Crippen molar-refractivity contribution in [1.29, 1.82) is 0 Å². The van der Waals surface area contributed by atoms with Gasteiger partial charge in [0.05, 0.1) is 11.0 Å². The second kappa shape index (κ2) is 17.8. The van der Waals surface area contributed by atoms with Gasteiger partial charge in [-0.3, -0.25) is 0 Å². The number of nitrogens with zero attached hydrogens (tertiary/aromatic N) is 2. The van der Waals surface area contributed by atoms with E-state index in [1.54, 1.807) is 0 Å². The first-order valence-electron chi connectivity index (χ1n) is 23.3. The van der Waals surface area contributed by atoms with E-state index in [1.165, 1.54) is 77.4 Å². The van der Waals surface area contributed by atoms with Gasteiger partial charge in [-0.15, -0.1) is 0 Å². The van der Waals surface area contributed by atoms with Crippen LogP contribution in [-0.2, 0) is 0 Å². The zero-order valence-corrected chi connectivity index (χ0v) is 37.5. The van der Waals surface area contributed by atoms with Crippen molar-refractivity contribution in [2.75, 3.05) is 4.90 Å². The summed E-state index contributed by atoms with van der Waals surface area (Å²) in [7, 11) is 0. The van der Waals surface area contributed by atoms with E-state index in [0.717, 1.165) is 33.9 Å². The maximum Gasteiger partial charge on any atom is 0.0547 e. The minimum atomic E-state index is 1.08. The summed E-state index contributed by atoms with van der Waals surface area (Å²) in [6, 6.07) is 101. The summed E-state index contributed by atoms with van der Waals surface area (Å²) in [5, 5.41) is 2.50. The Labute approximate surface area is 397 Å². The number of aromatic nitrogens is 1. The standard InChI is InChI=1S/C66H46N2/c1-4-17-47(18-5-1)48-33-35-49(36-34-48)50-37-41-57(42-38-50)67(58-43-39-52(40-44-58)61-28-11-10-27-60(61)51-19-6-2-7-20-51)59-26-15-22-54(46-59)53-21-14-23-55(45-53)62-30-16-32-65-66(62)63-29-12-13-31-64(63)68(65)56-24-8-3-9-25-56/h1-46H. The smallest absolute Gasteiger partial charge is 0.0547 e. The van der Waals surface area contributed by atoms with Crippen LogP contribution in [0.15, 0.2) is 279 Å². The highest BCUT2D eigenvalue weighted by atomic mass is 15.1. The summed E-state index contributed by atoms with van der Waals surface area (Å²) >= 11 is 0. The number of anilines is 3. The molecule has 0 N–H and O–H groups in total. The number of benzene rings is 11. The average Bonchev–Trinajstić information content (AvgIpc) is 3.77. The SMILES string of the molecule is c1ccc(-c2ccc(-c3ccc(N(c4ccc(-c5ccccc5-c5ccccc5)cc4)c4cccc(-c5cccc(-c6cccc7c6c6ccccc6n7-c6ccccc6)c5)c4)cc3)cc2)cc1. The van der Waals surface area contributed by atoms with Gasteiger partial charge in [0.25, 0.3) is 0 Å². The molecule has 0 aliphatic carbocycles. The van der Waals surface area contributed by atoms with E-state index in [-0.39, 0.29) is 0 Å². The van der Waals surface area contributed by atoms with Crippen molar-refractivity contribution < 1.29 is 0 Å². The molecule has 0 aliphatic rings. The van der Waals surface area contributed by atoms with Gasteiger partial charge >= 0.3 is 0 Å². The Morgan fingerprint density at radius 2 is 0.647 bits per heavy atom. The Bertz CT molecular complexity index is 3680. The highest BCUT2D eigenvalue weighted by Gasteiger charge is 2.18. The van der Waals surface area contributed by atoms with Gasteiger partial charge in [-0.2, -0.15) is 0 Å². The molecule has 0 saturated carbocycles. The number of para-hydroxylation sites is 2. The second-order valence-electron chi connectivity index (χ2n) is 17.3. The first-order valence-corrected chi connectivity index (χ1v) is 23.3. The molecule has 0 aliphatic heterocycles. The Morgan fingerprint density at radius 1 is 0.235 bits per heavy atom. The zero-order valence-electron chi connectivity index (χ0n) is 37.5. The van der Waals surface area contributed by atoms with E-state index in [4.69, 9.17) is 0 Å². The fraction of sp³-hybridized carbons (Fsp3) is 0. The molecule has 0 saturated heterocycles. The molecule has 0 amide bonds. The molecular formula is C66H46N2. The van der Waals surface area contributed by atoms with Gasteiger partial charge in [0, 0.05) is 33.5 Å². The van der Waals surface area contributed by atoms with Crippen LogP contribution in [-0.4, -0.2) is 4.57 Å². The Balaban J connectivity index is 0.933. The summed E-state index contributed by atoms with van der Waals surface area (Å²) in [5.41, 5.74) is 21.1. The number of hydrogen-bond donors (Lipinski definition) is 0. The van der Waals surface area contributed by atoms with Gasteiger partial charge in [0.2, 0.25) is 0 Å². The van der Waals surface area contributed by atoms with E-state index >= 15 is 0 Å². The highest BCUT2D eigenvalue weighted by Crippen LogP contribution is 2.42. The lowest BCUT2D eigenvalue weighted by atomic mass is 9.94. The maximum absolute atomic E-state index is 2.39. The van der Waals surface area contributed by atoms with Crippen molar-refractivity contribution in [3.8, 4) is 72.4 Å². The normalized spacial score (nSPS) is 11.2. The van der Waals surface area contributed by atoms with E-state index < -0.39 is 0 Å². The van der Waals surface area contributed by atoms with Gasteiger partial charge in [-0.05, 0) is 133 Å². The summed E-state index contributed by atoms with van der Waals surface area (Å²) in [6.07, 6.45) is 0. The van der Waals surface area contributed by atoms with E-state index in [2.05, 4.69) is 289 Å². The molecule has 1 heterocycles. The fourth-order valence-corrected chi connectivity index (χ4v) is 9.94. The molecular weight excluding hydrogens is 821 g/mol. The summed E-state index contributed by atoms with van der Waals surface area (Å²) < 4.78 is 2.39. The summed E-state index contributed by atoms with van der Waals surface area (Å²) in [6.45, 7) is 0. The van der Waals surface area contributed by atoms with Gasteiger partial charge < -0.3 is 9.47 Å². The molecule has 0 unspecified atom stereocenters. The molecule has 2 heteroatoms. The van der Waals surface area contributed by atoms with E-state index in [1.807, 2.05) is 0 Å². The van der Waals surface area contributed by atoms with Crippen LogP contribution in [0.25, 0.3) is 94.3 Å². The number of rotatable bonds is 10. The van der Waals surface area contributed by atoms with Crippen molar-refractivity contribution in [1.82, 2.24) is 4.57 Å². The van der Waals surface area contributed by atoms with Crippen LogP contribution in [0.5, 0.6) is 0 Å². The topological polar surface area (TPSA) is 8.17 Å².